The Balaban J connectivity index is 1.50. The standard InChI is InChI=1S/C28H34F5N3O2/c1-16-8-21-20-9-17(30)4-5-24(20)34-26(21)27(36(16)14-28(2,33)15-37)25-22(31)10-18(11-23(25)32)38-19-12-35(13-19)7-3-6-29/h4-5,9-10,16,19,23,27,34,37H,3,6-8,11-15H2,1-2H3/t16-,23?,27-,28+/m1/s1. The fraction of sp³-hybridized carbons (Fsp3) is 0.571. The van der Waals surface area contributed by atoms with Gasteiger partial charge >= 0.3 is 0 Å². The minimum atomic E-state index is -2.00. The Hall–Kier alpha value is -2.43. The summed E-state index contributed by atoms with van der Waals surface area (Å²) in [7, 11) is 0. The minimum Gasteiger partial charge on any atom is -0.492 e. The smallest absolute Gasteiger partial charge is 0.143 e. The molecule has 5 nitrogen and oxygen atoms in total. The maximum absolute atomic E-state index is 15.9. The number of H-pyrrole nitrogens is 1. The molecule has 10 heteroatoms. The molecule has 1 saturated heterocycles. The molecule has 1 aliphatic carbocycles. The van der Waals surface area contributed by atoms with Crippen LogP contribution in [-0.4, -0.2) is 83.3 Å². The summed E-state index contributed by atoms with van der Waals surface area (Å²) in [6.07, 6.45) is -0.0367. The largest absolute Gasteiger partial charge is 0.492 e. The Morgan fingerprint density at radius 2 is 1.97 bits per heavy atom. The van der Waals surface area contributed by atoms with Crippen molar-refractivity contribution in [3.8, 4) is 0 Å². The van der Waals surface area contributed by atoms with E-state index in [0.717, 1.165) is 5.56 Å². The summed E-state index contributed by atoms with van der Waals surface area (Å²) in [4.78, 5) is 6.93. The van der Waals surface area contributed by atoms with Crippen LogP contribution < -0.4 is 0 Å². The molecule has 3 aliphatic rings. The van der Waals surface area contributed by atoms with E-state index >= 15 is 13.2 Å². The Kier molecular flexibility index (Phi) is 7.59. The number of nitrogens with zero attached hydrogens (tertiary/aromatic N) is 2. The molecule has 1 unspecified atom stereocenters. The maximum atomic E-state index is 15.9. The molecule has 5 rings (SSSR count). The summed E-state index contributed by atoms with van der Waals surface area (Å²) in [6, 6.07) is 2.99. The van der Waals surface area contributed by atoms with Gasteiger partial charge in [-0.15, -0.1) is 0 Å². The Labute approximate surface area is 218 Å². The van der Waals surface area contributed by atoms with Gasteiger partial charge in [0.15, 0.2) is 0 Å². The lowest BCUT2D eigenvalue weighted by Gasteiger charge is -2.45. The van der Waals surface area contributed by atoms with Crippen molar-refractivity contribution in [2.75, 3.05) is 39.5 Å². The predicted molar refractivity (Wildman–Crippen MR) is 135 cm³/mol. The molecule has 0 radical (unpaired) electrons. The normalized spacial score (nSPS) is 26.7. The molecule has 1 aromatic heterocycles. The van der Waals surface area contributed by atoms with Crippen molar-refractivity contribution < 1.29 is 31.8 Å². The van der Waals surface area contributed by atoms with E-state index in [2.05, 4.69) is 4.98 Å². The first kappa shape index (κ1) is 27.1. The molecule has 1 aromatic carbocycles. The number of aromatic amines is 1. The van der Waals surface area contributed by atoms with Gasteiger partial charge in [-0.2, -0.15) is 0 Å². The zero-order valence-corrected chi connectivity index (χ0v) is 21.6. The van der Waals surface area contributed by atoms with Gasteiger partial charge in [-0.25, -0.2) is 17.6 Å². The number of benzene rings is 1. The second-order valence-corrected chi connectivity index (χ2v) is 11.0. The van der Waals surface area contributed by atoms with Crippen LogP contribution >= 0.6 is 0 Å². The SMILES string of the molecule is C[C@@H]1Cc2c([nH]c3ccc(F)cc23)[C@@H](C2=C(F)C=C(OC3CN(CCCF)C3)CC2F)N1C[C@](C)(F)CO. The molecule has 0 spiro atoms. The van der Waals surface area contributed by atoms with Gasteiger partial charge in [-0.3, -0.25) is 14.2 Å². The lowest BCUT2D eigenvalue weighted by atomic mass is 9.83. The van der Waals surface area contributed by atoms with E-state index < -0.39 is 36.1 Å². The van der Waals surface area contributed by atoms with E-state index in [4.69, 9.17) is 4.74 Å². The number of aromatic nitrogens is 1. The van der Waals surface area contributed by atoms with Crippen LogP contribution in [0.4, 0.5) is 22.0 Å². The van der Waals surface area contributed by atoms with Gasteiger partial charge in [0.2, 0.25) is 0 Å². The fourth-order valence-electron chi connectivity index (χ4n) is 5.92. The number of rotatable bonds is 9. The summed E-state index contributed by atoms with van der Waals surface area (Å²) < 4.78 is 79.0. The average Bonchev–Trinajstić information content (AvgIpc) is 3.18. The van der Waals surface area contributed by atoms with E-state index in [-0.39, 0.29) is 43.1 Å². The van der Waals surface area contributed by atoms with E-state index in [1.165, 1.54) is 25.1 Å². The summed E-state index contributed by atoms with van der Waals surface area (Å²) in [6.45, 7) is 3.49. The molecule has 2 N–H and O–H groups in total. The number of hydrogen-bond donors (Lipinski definition) is 2. The Bertz CT molecular complexity index is 1240. The Morgan fingerprint density at radius 1 is 1.21 bits per heavy atom. The number of nitrogens with one attached hydrogen (secondary N) is 1. The van der Waals surface area contributed by atoms with Crippen molar-refractivity contribution >= 4 is 10.9 Å². The molecule has 1 fully saturated rings. The second-order valence-electron chi connectivity index (χ2n) is 11.0. The van der Waals surface area contributed by atoms with Crippen LogP contribution in [0.1, 0.15) is 44.0 Å². The van der Waals surface area contributed by atoms with E-state index in [1.54, 1.807) is 11.0 Å². The maximum Gasteiger partial charge on any atom is 0.143 e. The summed E-state index contributed by atoms with van der Waals surface area (Å²) in [5, 5.41) is 10.2. The van der Waals surface area contributed by atoms with Crippen LogP contribution in [0.15, 0.2) is 41.4 Å². The molecule has 0 amide bonds. The van der Waals surface area contributed by atoms with Gasteiger partial charge in [0.25, 0.3) is 0 Å². The van der Waals surface area contributed by atoms with Crippen molar-refractivity contribution in [1.82, 2.24) is 14.8 Å². The fourth-order valence-corrected chi connectivity index (χ4v) is 5.92. The third-order valence-corrected chi connectivity index (χ3v) is 7.84. The lowest BCUT2D eigenvalue weighted by Crippen LogP contribution is -2.52. The topological polar surface area (TPSA) is 51.7 Å². The monoisotopic (exact) mass is 539 g/mol. The van der Waals surface area contributed by atoms with Crippen molar-refractivity contribution in [1.29, 1.82) is 0 Å². The third kappa shape index (κ3) is 5.22. The molecular formula is C28H34F5N3O2. The van der Waals surface area contributed by atoms with Gasteiger partial charge in [-0.1, -0.05) is 0 Å². The molecule has 2 aromatic rings. The molecule has 38 heavy (non-hydrogen) atoms. The summed E-state index contributed by atoms with van der Waals surface area (Å²) in [5.74, 6) is -0.997. The van der Waals surface area contributed by atoms with Crippen LogP contribution in [0.25, 0.3) is 10.9 Å². The van der Waals surface area contributed by atoms with Crippen LogP contribution in [0.3, 0.4) is 0 Å². The minimum absolute atomic E-state index is 0.135. The first-order valence-electron chi connectivity index (χ1n) is 13.1. The highest BCUT2D eigenvalue weighted by Crippen LogP contribution is 2.46. The highest BCUT2D eigenvalue weighted by Gasteiger charge is 2.45. The van der Waals surface area contributed by atoms with Gasteiger partial charge in [-0.05, 0) is 50.5 Å². The number of halogens is 5. The second kappa shape index (κ2) is 10.6. The number of aliphatic hydroxyl groups excluding tert-OH is 1. The summed E-state index contributed by atoms with van der Waals surface area (Å²) >= 11 is 0. The van der Waals surface area contributed by atoms with Crippen molar-refractivity contribution in [2.45, 2.75) is 63.1 Å². The first-order chi connectivity index (χ1) is 18.1. The highest BCUT2D eigenvalue weighted by atomic mass is 19.2. The van der Waals surface area contributed by atoms with Gasteiger partial charge < -0.3 is 14.8 Å². The van der Waals surface area contributed by atoms with Gasteiger partial charge in [0.1, 0.15) is 35.3 Å². The van der Waals surface area contributed by atoms with E-state index in [9.17, 15) is 13.9 Å². The van der Waals surface area contributed by atoms with Gasteiger partial charge in [0, 0.05) is 66.9 Å². The molecule has 3 heterocycles. The molecule has 0 saturated carbocycles. The van der Waals surface area contributed by atoms with Crippen LogP contribution in [0, 0.1) is 5.82 Å². The number of ether oxygens (including phenoxy) is 1. The lowest BCUT2D eigenvalue weighted by molar-refractivity contribution is -0.0285. The van der Waals surface area contributed by atoms with Crippen LogP contribution in [0.5, 0.6) is 0 Å². The Morgan fingerprint density at radius 3 is 2.66 bits per heavy atom. The molecule has 2 aliphatic heterocycles. The number of fused-ring (bicyclic) bond motifs is 3. The number of alkyl halides is 3. The molecular weight excluding hydrogens is 505 g/mol. The third-order valence-electron chi connectivity index (χ3n) is 7.84. The molecule has 4 atom stereocenters. The molecule has 0 bridgehead atoms. The predicted octanol–water partition coefficient (Wildman–Crippen LogP) is 5.22. The van der Waals surface area contributed by atoms with E-state index in [0.29, 0.717) is 49.1 Å². The zero-order chi connectivity index (χ0) is 27.2. The van der Waals surface area contributed by atoms with Crippen molar-refractivity contribution in [3.63, 3.8) is 0 Å². The number of likely N-dealkylation sites (tertiary alicyclic amines) is 1. The van der Waals surface area contributed by atoms with Crippen molar-refractivity contribution in [3.05, 3.63) is 58.5 Å². The number of hydrogen-bond acceptors (Lipinski definition) is 4. The number of allylic oxidation sites excluding steroid dienone is 3. The van der Waals surface area contributed by atoms with Gasteiger partial charge in [0.05, 0.1) is 19.3 Å². The quantitative estimate of drug-likeness (QED) is 0.429. The average molecular weight is 540 g/mol. The number of aliphatic hydroxyl groups is 1. The highest BCUT2D eigenvalue weighted by molar-refractivity contribution is 5.85. The van der Waals surface area contributed by atoms with Crippen molar-refractivity contribution in [2.24, 2.45) is 0 Å². The first-order valence-corrected chi connectivity index (χ1v) is 13.1. The van der Waals surface area contributed by atoms with Crippen LogP contribution in [0.2, 0.25) is 0 Å². The van der Waals surface area contributed by atoms with Crippen LogP contribution in [-0.2, 0) is 11.2 Å². The van der Waals surface area contributed by atoms with E-state index in [1.807, 2.05) is 11.8 Å². The zero-order valence-electron chi connectivity index (χ0n) is 21.6. The summed E-state index contributed by atoms with van der Waals surface area (Å²) in [5.41, 5.74) is -0.245. The molecule has 208 valence electrons.